The molecule has 3 rings (SSSR count). The summed E-state index contributed by atoms with van der Waals surface area (Å²) in [4.78, 5) is 14.7. The highest BCUT2D eigenvalue weighted by atomic mass is 127. The van der Waals surface area contributed by atoms with Crippen LogP contribution in [0.2, 0.25) is 0 Å². The summed E-state index contributed by atoms with van der Waals surface area (Å²) >= 11 is 0. The van der Waals surface area contributed by atoms with Crippen LogP contribution in [0.1, 0.15) is 18.3 Å². The minimum atomic E-state index is 0. The standard InChI is InChI=1S/C23H29N5O2.HI/c1-4-24-23(25-13-12-17-10-11-20(29)21(14-17)30-3)28(2)16-22-26-15-19(27-22)18-8-6-5-7-9-18;/h5-11,14-15,29H,4,12-13,16H2,1-3H3,(H,24,25)(H,26,27);1H. The van der Waals surface area contributed by atoms with Crippen molar-refractivity contribution in [1.82, 2.24) is 20.2 Å². The van der Waals surface area contributed by atoms with E-state index in [2.05, 4.69) is 39.2 Å². The lowest BCUT2D eigenvalue weighted by Gasteiger charge is -2.21. The van der Waals surface area contributed by atoms with Gasteiger partial charge in [0.2, 0.25) is 0 Å². The molecule has 0 radical (unpaired) electrons. The van der Waals surface area contributed by atoms with Crippen molar-refractivity contribution < 1.29 is 9.84 Å². The molecule has 3 aromatic rings. The Morgan fingerprint density at radius 2 is 2.00 bits per heavy atom. The van der Waals surface area contributed by atoms with Gasteiger partial charge in [-0.25, -0.2) is 4.98 Å². The molecule has 8 heteroatoms. The number of aromatic hydroxyl groups is 1. The first-order chi connectivity index (χ1) is 14.6. The van der Waals surface area contributed by atoms with E-state index in [1.54, 1.807) is 13.2 Å². The van der Waals surface area contributed by atoms with E-state index in [4.69, 9.17) is 9.73 Å². The van der Waals surface area contributed by atoms with E-state index in [-0.39, 0.29) is 29.7 Å². The van der Waals surface area contributed by atoms with Crippen molar-refractivity contribution in [3.63, 3.8) is 0 Å². The molecule has 0 saturated heterocycles. The number of H-pyrrole nitrogens is 1. The van der Waals surface area contributed by atoms with Gasteiger partial charge >= 0.3 is 0 Å². The molecule has 0 fully saturated rings. The Labute approximate surface area is 200 Å². The number of nitrogens with zero attached hydrogens (tertiary/aromatic N) is 3. The van der Waals surface area contributed by atoms with Crippen LogP contribution in [-0.2, 0) is 13.0 Å². The van der Waals surface area contributed by atoms with E-state index in [9.17, 15) is 5.11 Å². The number of rotatable bonds is 8. The molecule has 2 aromatic carbocycles. The van der Waals surface area contributed by atoms with Crippen LogP contribution in [-0.4, -0.2) is 53.2 Å². The maximum absolute atomic E-state index is 9.73. The monoisotopic (exact) mass is 535 g/mol. The van der Waals surface area contributed by atoms with Gasteiger partial charge in [0.05, 0.1) is 25.5 Å². The fourth-order valence-corrected chi connectivity index (χ4v) is 3.14. The van der Waals surface area contributed by atoms with Gasteiger partial charge in [0.25, 0.3) is 0 Å². The number of guanidine groups is 1. The second-order valence-electron chi connectivity index (χ2n) is 6.96. The predicted molar refractivity (Wildman–Crippen MR) is 135 cm³/mol. The third kappa shape index (κ3) is 6.88. The van der Waals surface area contributed by atoms with Crippen LogP contribution in [0.5, 0.6) is 11.5 Å². The number of halogens is 1. The fraction of sp³-hybridized carbons (Fsp3) is 0.304. The summed E-state index contributed by atoms with van der Waals surface area (Å²) in [7, 11) is 3.54. The average molecular weight is 535 g/mol. The fourth-order valence-electron chi connectivity index (χ4n) is 3.14. The largest absolute Gasteiger partial charge is 0.504 e. The van der Waals surface area contributed by atoms with Crippen LogP contribution < -0.4 is 10.1 Å². The Balaban J connectivity index is 0.00000341. The first-order valence-electron chi connectivity index (χ1n) is 10.0. The summed E-state index contributed by atoms with van der Waals surface area (Å²) in [6.45, 7) is 4.07. The number of phenols is 1. The lowest BCUT2D eigenvalue weighted by Crippen LogP contribution is -2.38. The number of benzene rings is 2. The van der Waals surface area contributed by atoms with Crippen LogP contribution >= 0.6 is 24.0 Å². The molecular weight excluding hydrogens is 505 g/mol. The summed E-state index contributed by atoms with van der Waals surface area (Å²) in [5.41, 5.74) is 3.18. The second kappa shape index (κ2) is 12.2. The van der Waals surface area contributed by atoms with Crippen molar-refractivity contribution in [2.75, 3.05) is 27.2 Å². The van der Waals surface area contributed by atoms with Crippen LogP contribution in [0.3, 0.4) is 0 Å². The number of aromatic amines is 1. The Hall–Kier alpha value is -2.75. The zero-order valence-corrected chi connectivity index (χ0v) is 20.5. The molecule has 0 aliphatic rings. The molecule has 7 nitrogen and oxygen atoms in total. The normalized spacial score (nSPS) is 11.0. The quantitative estimate of drug-likeness (QED) is 0.230. The van der Waals surface area contributed by atoms with Gasteiger partial charge in [-0.1, -0.05) is 36.4 Å². The van der Waals surface area contributed by atoms with Crippen molar-refractivity contribution >= 4 is 29.9 Å². The Morgan fingerprint density at radius 3 is 2.71 bits per heavy atom. The van der Waals surface area contributed by atoms with Crippen molar-refractivity contribution in [1.29, 1.82) is 0 Å². The Bertz CT molecular complexity index is 975. The SMILES string of the molecule is CCNC(=NCCc1ccc(O)c(OC)c1)N(C)Cc1ncc(-c2ccccc2)[nH]1.I. The summed E-state index contributed by atoms with van der Waals surface area (Å²) in [6, 6.07) is 15.5. The molecule has 31 heavy (non-hydrogen) atoms. The van der Waals surface area contributed by atoms with E-state index in [1.807, 2.05) is 43.6 Å². The summed E-state index contributed by atoms with van der Waals surface area (Å²) < 4.78 is 5.17. The number of hydrogen-bond acceptors (Lipinski definition) is 4. The third-order valence-electron chi connectivity index (χ3n) is 4.70. The Kier molecular flexibility index (Phi) is 9.64. The zero-order chi connectivity index (χ0) is 21.3. The first kappa shape index (κ1) is 24.5. The lowest BCUT2D eigenvalue weighted by atomic mass is 10.1. The summed E-state index contributed by atoms with van der Waals surface area (Å²) in [5.74, 6) is 2.32. The number of nitrogens with one attached hydrogen (secondary N) is 2. The van der Waals surface area contributed by atoms with Crippen molar-refractivity contribution in [3.8, 4) is 22.8 Å². The number of imidazole rings is 1. The van der Waals surface area contributed by atoms with E-state index in [0.29, 0.717) is 18.8 Å². The topological polar surface area (TPSA) is 85.8 Å². The molecule has 166 valence electrons. The molecular formula is C23H30IN5O2. The highest BCUT2D eigenvalue weighted by Gasteiger charge is 2.10. The van der Waals surface area contributed by atoms with Gasteiger partial charge in [0, 0.05) is 20.1 Å². The highest BCUT2D eigenvalue weighted by Crippen LogP contribution is 2.26. The smallest absolute Gasteiger partial charge is 0.194 e. The van der Waals surface area contributed by atoms with E-state index >= 15 is 0 Å². The maximum atomic E-state index is 9.73. The minimum absolute atomic E-state index is 0. The molecule has 1 heterocycles. The van der Waals surface area contributed by atoms with Crippen LogP contribution in [0.15, 0.2) is 59.7 Å². The van der Waals surface area contributed by atoms with Gasteiger partial charge in [-0.15, -0.1) is 24.0 Å². The molecule has 0 saturated carbocycles. The van der Waals surface area contributed by atoms with E-state index in [1.165, 1.54) is 0 Å². The van der Waals surface area contributed by atoms with Gasteiger partial charge in [0.1, 0.15) is 5.82 Å². The lowest BCUT2D eigenvalue weighted by molar-refractivity contribution is 0.373. The molecule has 1 aromatic heterocycles. The van der Waals surface area contributed by atoms with Crippen LogP contribution in [0.4, 0.5) is 0 Å². The maximum Gasteiger partial charge on any atom is 0.194 e. The number of ether oxygens (including phenoxy) is 1. The van der Waals surface area contributed by atoms with Gasteiger partial charge in [-0.3, -0.25) is 4.99 Å². The molecule has 0 aliphatic carbocycles. The first-order valence-corrected chi connectivity index (χ1v) is 10.0. The predicted octanol–water partition coefficient (Wildman–Crippen LogP) is 4.05. The van der Waals surface area contributed by atoms with E-state index < -0.39 is 0 Å². The number of aliphatic imine (C=N–C) groups is 1. The zero-order valence-electron chi connectivity index (χ0n) is 18.1. The number of aromatic nitrogens is 2. The molecule has 0 atom stereocenters. The van der Waals surface area contributed by atoms with Gasteiger partial charge < -0.3 is 25.0 Å². The molecule has 0 unspecified atom stereocenters. The number of hydrogen-bond donors (Lipinski definition) is 3. The van der Waals surface area contributed by atoms with Gasteiger partial charge in [-0.2, -0.15) is 0 Å². The number of methoxy groups -OCH3 is 1. The molecule has 3 N–H and O–H groups in total. The van der Waals surface area contributed by atoms with Gasteiger partial charge in [0.15, 0.2) is 17.5 Å². The molecule has 0 aliphatic heterocycles. The summed E-state index contributed by atoms with van der Waals surface area (Å²) in [6.07, 6.45) is 2.61. The second-order valence-corrected chi connectivity index (χ2v) is 6.96. The van der Waals surface area contributed by atoms with Crippen molar-refractivity contribution in [2.24, 2.45) is 4.99 Å². The van der Waals surface area contributed by atoms with Crippen molar-refractivity contribution in [2.45, 2.75) is 19.9 Å². The third-order valence-corrected chi connectivity index (χ3v) is 4.70. The minimum Gasteiger partial charge on any atom is -0.504 e. The van der Waals surface area contributed by atoms with Crippen molar-refractivity contribution in [3.05, 3.63) is 66.1 Å². The number of phenolic OH excluding ortho intramolecular Hbond substituents is 1. The van der Waals surface area contributed by atoms with Crippen LogP contribution in [0, 0.1) is 0 Å². The Morgan fingerprint density at radius 1 is 1.23 bits per heavy atom. The highest BCUT2D eigenvalue weighted by molar-refractivity contribution is 14.0. The molecule has 0 bridgehead atoms. The summed E-state index contributed by atoms with van der Waals surface area (Å²) in [5, 5.41) is 13.1. The van der Waals surface area contributed by atoms with Gasteiger partial charge in [-0.05, 0) is 36.6 Å². The van der Waals surface area contributed by atoms with E-state index in [0.717, 1.165) is 41.6 Å². The molecule has 0 spiro atoms. The molecule has 0 amide bonds. The average Bonchev–Trinajstić information content (AvgIpc) is 3.23. The van der Waals surface area contributed by atoms with Crippen LogP contribution in [0.25, 0.3) is 11.3 Å².